The quantitative estimate of drug-likeness (QED) is 0.631. The summed E-state index contributed by atoms with van der Waals surface area (Å²) >= 11 is 0. The lowest BCUT2D eigenvalue weighted by Gasteiger charge is -2.13. The van der Waals surface area contributed by atoms with E-state index in [1.165, 1.54) is 17.0 Å². The van der Waals surface area contributed by atoms with Crippen LogP contribution in [-0.4, -0.2) is 23.3 Å². The van der Waals surface area contributed by atoms with E-state index in [9.17, 15) is 14.0 Å². The summed E-state index contributed by atoms with van der Waals surface area (Å²) < 4.78 is 13.5. The van der Waals surface area contributed by atoms with Gasteiger partial charge in [0.25, 0.3) is 0 Å². The van der Waals surface area contributed by atoms with Crippen LogP contribution in [0.5, 0.6) is 0 Å². The molecule has 0 saturated carbocycles. The Kier molecular flexibility index (Phi) is 3.93. The van der Waals surface area contributed by atoms with Crippen molar-refractivity contribution < 1.29 is 14.0 Å². The van der Waals surface area contributed by atoms with Crippen LogP contribution in [0.3, 0.4) is 0 Å². The molecule has 1 saturated heterocycles. The zero-order chi connectivity index (χ0) is 13.8. The van der Waals surface area contributed by atoms with Crippen LogP contribution in [0, 0.1) is 17.7 Å². The molecule has 1 aromatic rings. The van der Waals surface area contributed by atoms with Gasteiger partial charge in [-0.25, -0.2) is 4.39 Å². The van der Waals surface area contributed by atoms with Gasteiger partial charge in [-0.15, -0.1) is 0 Å². The number of carbonyl (C=O) groups excluding carboxylic acids is 2. The summed E-state index contributed by atoms with van der Waals surface area (Å²) in [5, 5.41) is 0. The molecule has 0 aromatic heterocycles. The molecule has 0 unspecified atom stereocenters. The molecule has 1 heterocycles. The van der Waals surface area contributed by atoms with Crippen LogP contribution >= 0.6 is 0 Å². The zero-order valence-corrected chi connectivity index (χ0v) is 10.3. The Bertz CT molecular complexity index is 571. The van der Waals surface area contributed by atoms with Gasteiger partial charge in [0.2, 0.25) is 11.8 Å². The van der Waals surface area contributed by atoms with Crippen molar-refractivity contribution in [1.29, 1.82) is 0 Å². The Labute approximate surface area is 110 Å². The molecular weight excluding hydrogens is 247 g/mol. The van der Waals surface area contributed by atoms with E-state index in [0.717, 1.165) is 0 Å². The predicted octanol–water partition coefficient (Wildman–Crippen LogP) is 0.785. The number of hydrogen-bond donors (Lipinski definition) is 1. The minimum atomic E-state index is -0.441. The number of nitrogens with zero attached hydrogens (tertiary/aromatic N) is 1. The van der Waals surface area contributed by atoms with Crippen molar-refractivity contribution in [1.82, 2.24) is 4.90 Å². The Hall–Kier alpha value is -2.19. The molecule has 1 aromatic carbocycles. The first-order valence-corrected chi connectivity index (χ1v) is 5.92. The van der Waals surface area contributed by atoms with Crippen LogP contribution in [-0.2, 0) is 16.1 Å². The van der Waals surface area contributed by atoms with Crippen molar-refractivity contribution in [2.45, 2.75) is 19.4 Å². The molecule has 4 nitrogen and oxygen atoms in total. The largest absolute Gasteiger partial charge is 0.320 e. The third kappa shape index (κ3) is 2.98. The maximum atomic E-state index is 13.5. The molecule has 2 rings (SSSR count). The molecule has 0 atom stereocenters. The number of hydrogen-bond acceptors (Lipinski definition) is 3. The molecule has 0 aliphatic carbocycles. The fourth-order valence-electron chi connectivity index (χ4n) is 1.89. The number of carbonyl (C=O) groups is 2. The second-order valence-electron chi connectivity index (χ2n) is 4.19. The van der Waals surface area contributed by atoms with Gasteiger partial charge in [-0.2, -0.15) is 0 Å². The number of imide groups is 1. The highest BCUT2D eigenvalue weighted by Gasteiger charge is 2.28. The highest BCUT2D eigenvalue weighted by atomic mass is 19.1. The lowest BCUT2D eigenvalue weighted by Crippen LogP contribution is -2.28. The summed E-state index contributed by atoms with van der Waals surface area (Å²) in [4.78, 5) is 24.2. The highest BCUT2D eigenvalue weighted by molar-refractivity contribution is 6.01. The maximum absolute atomic E-state index is 13.5. The highest BCUT2D eigenvalue weighted by Crippen LogP contribution is 2.17. The van der Waals surface area contributed by atoms with Crippen LogP contribution < -0.4 is 5.73 Å². The monoisotopic (exact) mass is 260 g/mol. The van der Waals surface area contributed by atoms with Crippen LogP contribution in [0.15, 0.2) is 18.2 Å². The summed E-state index contributed by atoms with van der Waals surface area (Å²) in [5.74, 6) is 4.37. The standard InChI is InChI=1S/C14H13FN2O2/c15-12-4-3-10(8-11(12)2-1-7-16)9-17-13(18)5-6-14(17)19/h3-4,8H,5-7,9,16H2. The Morgan fingerprint density at radius 3 is 2.58 bits per heavy atom. The van der Waals surface area contributed by atoms with Gasteiger partial charge in [0.05, 0.1) is 18.7 Å². The summed E-state index contributed by atoms with van der Waals surface area (Å²) in [7, 11) is 0. The van der Waals surface area contributed by atoms with Crippen LogP contribution in [0.4, 0.5) is 4.39 Å². The van der Waals surface area contributed by atoms with E-state index < -0.39 is 5.82 Å². The summed E-state index contributed by atoms with van der Waals surface area (Å²) in [6, 6.07) is 4.36. The summed E-state index contributed by atoms with van der Waals surface area (Å²) in [5.41, 5.74) is 6.14. The first-order valence-electron chi connectivity index (χ1n) is 5.92. The SMILES string of the molecule is NCC#Cc1cc(CN2C(=O)CCC2=O)ccc1F. The summed E-state index contributed by atoms with van der Waals surface area (Å²) in [6.07, 6.45) is 0.500. The van der Waals surface area contributed by atoms with Gasteiger partial charge in [-0.1, -0.05) is 17.9 Å². The average Bonchev–Trinajstić information content (AvgIpc) is 2.71. The van der Waals surface area contributed by atoms with Gasteiger partial charge in [-0.3, -0.25) is 14.5 Å². The van der Waals surface area contributed by atoms with Crippen LogP contribution in [0.25, 0.3) is 0 Å². The third-order valence-corrected chi connectivity index (χ3v) is 2.85. The molecule has 0 spiro atoms. The van der Waals surface area contributed by atoms with Crippen molar-refractivity contribution in [3.63, 3.8) is 0 Å². The third-order valence-electron chi connectivity index (χ3n) is 2.85. The Morgan fingerprint density at radius 2 is 1.95 bits per heavy atom. The number of likely N-dealkylation sites (tertiary alicyclic amines) is 1. The van der Waals surface area contributed by atoms with E-state index in [1.807, 2.05) is 0 Å². The van der Waals surface area contributed by atoms with E-state index in [2.05, 4.69) is 11.8 Å². The molecule has 0 radical (unpaired) electrons. The fourth-order valence-corrected chi connectivity index (χ4v) is 1.89. The van der Waals surface area contributed by atoms with E-state index in [1.54, 1.807) is 6.07 Å². The van der Waals surface area contributed by atoms with E-state index in [0.29, 0.717) is 5.56 Å². The molecule has 19 heavy (non-hydrogen) atoms. The van der Waals surface area contributed by atoms with E-state index in [-0.39, 0.29) is 43.3 Å². The number of nitrogens with two attached hydrogens (primary N) is 1. The minimum Gasteiger partial charge on any atom is -0.320 e. The second kappa shape index (κ2) is 5.63. The predicted molar refractivity (Wildman–Crippen MR) is 67.1 cm³/mol. The van der Waals surface area contributed by atoms with Gasteiger partial charge in [0, 0.05) is 12.8 Å². The number of benzene rings is 1. The van der Waals surface area contributed by atoms with Crippen molar-refractivity contribution >= 4 is 11.8 Å². The number of rotatable bonds is 2. The fraction of sp³-hybridized carbons (Fsp3) is 0.286. The molecule has 1 aliphatic heterocycles. The first-order chi connectivity index (χ1) is 9.11. The normalized spacial score (nSPS) is 14.5. The summed E-state index contributed by atoms with van der Waals surface area (Å²) in [6.45, 7) is 0.308. The molecule has 1 fully saturated rings. The smallest absolute Gasteiger partial charge is 0.229 e. The Balaban J connectivity index is 2.21. The lowest BCUT2D eigenvalue weighted by atomic mass is 10.1. The molecule has 5 heteroatoms. The minimum absolute atomic E-state index is 0.146. The maximum Gasteiger partial charge on any atom is 0.229 e. The zero-order valence-electron chi connectivity index (χ0n) is 10.3. The van der Waals surface area contributed by atoms with Gasteiger partial charge in [0.1, 0.15) is 5.82 Å². The van der Waals surface area contributed by atoms with Crippen molar-refractivity contribution in [2.24, 2.45) is 5.73 Å². The topological polar surface area (TPSA) is 63.4 Å². The van der Waals surface area contributed by atoms with Crippen molar-refractivity contribution in [2.75, 3.05) is 6.54 Å². The first kappa shape index (κ1) is 13.2. The number of amides is 2. The van der Waals surface area contributed by atoms with Gasteiger partial charge in [0.15, 0.2) is 0 Å². The molecular formula is C14H13FN2O2. The lowest BCUT2D eigenvalue weighted by molar-refractivity contribution is -0.139. The van der Waals surface area contributed by atoms with Crippen LogP contribution in [0.1, 0.15) is 24.0 Å². The molecule has 0 bridgehead atoms. The van der Waals surface area contributed by atoms with Gasteiger partial charge in [-0.05, 0) is 17.7 Å². The van der Waals surface area contributed by atoms with Gasteiger partial charge >= 0.3 is 0 Å². The van der Waals surface area contributed by atoms with Gasteiger partial charge < -0.3 is 5.73 Å². The molecule has 2 amide bonds. The second-order valence-corrected chi connectivity index (χ2v) is 4.19. The molecule has 98 valence electrons. The Morgan fingerprint density at radius 1 is 1.26 bits per heavy atom. The molecule has 1 aliphatic rings. The van der Waals surface area contributed by atoms with Crippen LogP contribution in [0.2, 0.25) is 0 Å². The van der Waals surface area contributed by atoms with E-state index >= 15 is 0 Å². The van der Waals surface area contributed by atoms with Crippen molar-refractivity contribution in [3.8, 4) is 11.8 Å². The van der Waals surface area contributed by atoms with Crippen molar-refractivity contribution in [3.05, 3.63) is 35.1 Å². The van der Waals surface area contributed by atoms with E-state index in [4.69, 9.17) is 5.73 Å². The number of halogens is 1. The molecule has 2 N–H and O–H groups in total. The average molecular weight is 260 g/mol.